The van der Waals surface area contributed by atoms with E-state index in [9.17, 15) is 0 Å². The minimum atomic E-state index is 0.526. The van der Waals surface area contributed by atoms with E-state index in [0.29, 0.717) is 6.10 Å². The first-order valence-electron chi connectivity index (χ1n) is 7.21. The Labute approximate surface area is 115 Å². The summed E-state index contributed by atoms with van der Waals surface area (Å²) in [4.78, 5) is 1.45. The molecule has 1 fully saturated rings. The van der Waals surface area contributed by atoms with Crippen LogP contribution in [-0.2, 0) is 11.3 Å². The molecule has 1 aliphatic carbocycles. The molecule has 1 aromatic rings. The summed E-state index contributed by atoms with van der Waals surface area (Å²) in [7, 11) is 0. The molecule has 18 heavy (non-hydrogen) atoms. The van der Waals surface area contributed by atoms with Gasteiger partial charge in [0.15, 0.2) is 0 Å². The van der Waals surface area contributed by atoms with Crippen LogP contribution in [0.2, 0.25) is 0 Å². The molecule has 1 N–H and O–H groups in total. The van der Waals surface area contributed by atoms with Gasteiger partial charge in [0.1, 0.15) is 0 Å². The largest absolute Gasteiger partial charge is 0.377 e. The van der Waals surface area contributed by atoms with Crippen LogP contribution in [0.3, 0.4) is 0 Å². The van der Waals surface area contributed by atoms with Crippen LogP contribution in [-0.4, -0.2) is 19.3 Å². The molecule has 1 heterocycles. The van der Waals surface area contributed by atoms with Gasteiger partial charge in [0.05, 0.1) is 12.7 Å². The SMILES string of the molecule is Cc1ccsc1CNCCOC1CCCCCC1. The molecule has 0 bridgehead atoms. The number of aryl methyl sites for hydroxylation is 1. The highest BCUT2D eigenvalue weighted by molar-refractivity contribution is 7.10. The van der Waals surface area contributed by atoms with Crippen molar-refractivity contribution in [2.24, 2.45) is 0 Å². The van der Waals surface area contributed by atoms with E-state index < -0.39 is 0 Å². The first kappa shape index (κ1) is 14.0. The molecule has 0 aromatic carbocycles. The minimum absolute atomic E-state index is 0.526. The van der Waals surface area contributed by atoms with Crippen molar-refractivity contribution in [2.75, 3.05) is 13.2 Å². The van der Waals surface area contributed by atoms with E-state index in [1.54, 1.807) is 0 Å². The van der Waals surface area contributed by atoms with Gasteiger partial charge in [-0.2, -0.15) is 0 Å². The van der Waals surface area contributed by atoms with Crippen LogP contribution in [0.1, 0.15) is 49.0 Å². The van der Waals surface area contributed by atoms with Gasteiger partial charge in [0, 0.05) is 18.0 Å². The monoisotopic (exact) mass is 267 g/mol. The summed E-state index contributed by atoms with van der Waals surface area (Å²) >= 11 is 1.84. The molecule has 0 atom stereocenters. The van der Waals surface area contributed by atoms with Crippen LogP contribution in [0.15, 0.2) is 11.4 Å². The summed E-state index contributed by atoms with van der Waals surface area (Å²) < 4.78 is 5.95. The van der Waals surface area contributed by atoms with Crippen molar-refractivity contribution in [2.45, 2.75) is 58.1 Å². The molecule has 0 amide bonds. The highest BCUT2D eigenvalue weighted by Gasteiger charge is 2.11. The first-order valence-corrected chi connectivity index (χ1v) is 8.09. The van der Waals surface area contributed by atoms with Gasteiger partial charge >= 0.3 is 0 Å². The summed E-state index contributed by atoms with van der Waals surface area (Å²) in [5.41, 5.74) is 1.40. The molecule has 1 aliphatic rings. The molecule has 1 saturated carbocycles. The highest BCUT2D eigenvalue weighted by atomic mass is 32.1. The highest BCUT2D eigenvalue weighted by Crippen LogP contribution is 2.19. The van der Waals surface area contributed by atoms with Gasteiger partial charge in [0.2, 0.25) is 0 Å². The van der Waals surface area contributed by atoms with Gasteiger partial charge in [-0.3, -0.25) is 0 Å². The molecule has 0 unspecified atom stereocenters. The molecule has 3 heteroatoms. The van der Waals surface area contributed by atoms with Crippen LogP contribution in [0.25, 0.3) is 0 Å². The second-order valence-corrected chi connectivity index (χ2v) is 6.19. The minimum Gasteiger partial charge on any atom is -0.377 e. The van der Waals surface area contributed by atoms with Gasteiger partial charge in [-0.25, -0.2) is 0 Å². The van der Waals surface area contributed by atoms with Crippen LogP contribution < -0.4 is 5.32 Å². The fraction of sp³-hybridized carbons (Fsp3) is 0.733. The van der Waals surface area contributed by atoms with Crippen LogP contribution in [0, 0.1) is 6.92 Å². The average Bonchev–Trinajstić information content (AvgIpc) is 2.64. The van der Waals surface area contributed by atoms with Crippen molar-refractivity contribution in [1.29, 1.82) is 0 Å². The van der Waals surface area contributed by atoms with Crippen molar-refractivity contribution >= 4 is 11.3 Å². The quantitative estimate of drug-likeness (QED) is 0.624. The van der Waals surface area contributed by atoms with Crippen molar-refractivity contribution in [3.63, 3.8) is 0 Å². The molecule has 1 aromatic heterocycles. The predicted octanol–water partition coefficient (Wildman–Crippen LogP) is 3.89. The van der Waals surface area contributed by atoms with E-state index in [1.165, 1.54) is 49.0 Å². The third-order valence-electron chi connectivity index (χ3n) is 3.69. The molecule has 2 nitrogen and oxygen atoms in total. The predicted molar refractivity (Wildman–Crippen MR) is 78.2 cm³/mol. The first-order chi connectivity index (χ1) is 8.86. The number of ether oxygens (including phenoxy) is 1. The van der Waals surface area contributed by atoms with E-state index in [2.05, 4.69) is 23.7 Å². The Morgan fingerprint density at radius 3 is 2.72 bits per heavy atom. The maximum absolute atomic E-state index is 5.95. The molecular weight excluding hydrogens is 242 g/mol. The van der Waals surface area contributed by atoms with Gasteiger partial charge in [-0.05, 0) is 36.8 Å². The summed E-state index contributed by atoms with van der Waals surface area (Å²) in [6.07, 6.45) is 8.57. The zero-order valence-corrected chi connectivity index (χ0v) is 12.2. The maximum atomic E-state index is 5.95. The van der Waals surface area contributed by atoms with Crippen molar-refractivity contribution in [3.05, 3.63) is 21.9 Å². The Morgan fingerprint density at radius 1 is 1.28 bits per heavy atom. The van der Waals surface area contributed by atoms with E-state index in [-0.39, 0.29) is 0 Å². The lowest BCUT2D eigenvalue weighted by Crippen LogP contribution is -2.22. The van der Waals surface area contributed by atoms with Gasteiger partial charge in [-0.1, -0.05) is 25.7 Å². The van der Waals surface area contributed by atoms with Crippen LogP contribution >= 0.6 is 11.3 Å². The zero-order valence-electron chi connectivity index (χ0n) is 11.4. The topological polar surface area (TPSA) is 21.3 Å². The second-order valence-electron chi connectivity index (χ2n) is 5.19. The number of rotatable bonds is 6. The summed E-state index contributed by atoms with van der Waals surface area (Å²) in [6.45, 7) is 4.98. The Morgan fingerprint density at radius 2 is 2.06 bits per heavy atom. The molecule has 0 spiro atoms. The van der Waals surface area contributed by atoms with E-state index >= 15 is 0 Å². The number of hydrogen-bond acceptors (Lipinski definition) is 3. The third-order valence-corrected chi connectivity index (χ3v) is 4.71. The molecule has 0 aliphatic heterocycles. The normalized spacial score (nSPS) is 17.8. The summed E-state index contributed by atoms with van der Waals surface area (Å²) in [5, 5.41) is 5.63. The fourth-order valence-corrected chi connectivity index (χ4v) is 3.37. The van der Waals surface area contributed by atoms with Gasteiger partial charge in [-0.15, -0.1) is 11.3 Å². The lowest BCUT2D eigenvalue weighted by Gasteiger charge is -2.15. The Balaban J connectivity index is 1.54. The molecule has 2 rings (SSSR count). The van der Waals surface area contributed by atoms with E-state index in [4.69, 9.17) is 4.74 Å². The van der Waals surface area contributed by atoms with Crippen LogP contribution in [0.5, 0.6) is 0 Å². The van der Waals surface area contributed by atoms with Gasteiger partial charge in [0.25, 0.3) is 0 Å². The van der Waals surface area contributed by atoms with E-state index in [1.807, 2.05) is 11.3 Å². The fourth-order valence-electron chi connectivity index (χ4n) is 2.49. The van der Waals surface area contributed by atoms with Gasteiger partial charge < -0.3 is 10.1 Å². The number of nitrogens with one attached hydrogen (secondary N) is 1. The zero-order chi connectivity index (χ0) is 12.6. The lowest BCUT2D eigenvalue weighted by atomic mass is 10.1. The van der Waals surface area contributed by atoms with Crippen LogP contribution in [0.4, 0.5) is 0 Å². The Bertz CT molecular complexity index is 329. The average molecular weight is 267 g/mol. The lowest BCUT2D eigenvalue weighted by molar-refractivity contribution is 0.0451. The summed E-state index contributed by atoms with van der Waals surface area (Å²) in [6, 6.07) is 2.18. The van der Waals surface area contributed by atoms with E-state index in [0.717, 1.165) is 19.7 Å². The maximum Gasteiger partial charge on any atom is 0.0594 e. The second kappa shape index (κ2) is 7.93. The molecular formula is C15H25NOS. The number of thiophene rings is 1. The smallest absolute Gasteiger partial charge is 0.0594 e. The van der Waals surface area contributed by atoms with Crippen molar-refractivity contribution < 1.29 is 4.74 Å². The van der Waals surface area contributed by atoms with Crippen molar-refractivity contribution in [3.8, 4) is 0 Å². The molecule has 102 valence electrons. The van der Waals surface area contributed by atoms with Crippen molar-refractivity contribution in [1.82, 2.24) is 5.32 Å². The molecule has 0 saturated heterocycles. The summed E-state index contributed by atoms with van der Waals surface area (Å²) in [5.74, 6) is 0. The Hall–Kier alpha value is -0.380. The number of hydrogen-bond donors (Lipinski definition) is 1. The standard InChI is InChI=1S/C15H25NOS/c1-13-8-11-18-15(13)12-16-9-10-17-14-6-4-2-3-5-7-14/h8,11,14,16H,2-7,9-10,12H2,1H3. The Kier molecular flexibility index (Phi) is 6.18. The third kappa shape index (κ3) is 4.71. The molecule has 0 radical (unpaired) electrons.